The fraction of sp³-hybridized carbons (Fsp3) is 0.406. The van der Waals surface area contributed by atoms with Crippen LogP contribution in [0.15, 0.2) is 58.4 Å². The summed E-state index contributed by atoms with van der Waals surface area (Å²) in [6.45, 7) is 4.67. The van der Waals surface area contributed by atoms with Gasteiger partial charge in [-0.3, -0.25) is 9.36 Å². The van der Waals surface area contributed by atoms with Crippen LogP contribution in [0.1, 0.15) is 11.1 Å². The van der Waals surface area contributed by atoms with Crippen molar-refractivity contribution in [1.29, 1.82) is 0 Å². The van der Waals surface area contributed by atoms with Gasteiger partial charge in [0.1, 0.15) is 5.65 Å². The molecule has 5 rings (SSSR count). The number of alkyl halides is 3. The molecule has 0 amide bonds. The first-order valence-corrected chi connectivity index (χ1v) is 16.8. The van der Waals surface area contributed by atoms with Crippen molar-refractivity contribution in [3.05, 3.63) is 70.1 Å². The lowest BCUT2D eigenvalue weighted by Gasteiger charge is -2.31. The molecule has 252 valence electrons. The van der Waals surface area contributed by atoms with E-state index in [1.165, 1.54) is 36.1 Å². The predicted octanol–water partition coefficient (Wildman–Crippen LogP) is 3.92. The Balaban J connectivity index is 1.57. The van der Waals surface area contributed by atoms with Gasteiger partial charge >= 0.3 is 6.18 Å². The van der Waals surface area contributed by atoms with Crippen molar-refractivity contribution < 1.29 is 26.3 Å². The lowest BCUT2D eigenvalue weighted by atomic mass is 10.0. The summed E-state index contributed by atoms with van der Waals surface area (Å²) in [5.41, 5.74) is 0.832. The molecule has 0 spiro atoms. The fourth-order valence-electron chi connectivity index (χ4n) is 5.47. The van der Waals surface area contributed by atoms with Crippen molar-refractivity contribution in [3.63, 3.8) is 0 Å². The quantitative estimate of drug-likeness (QED) is 0.242. The van der Waals surface area contributed by atoms with Crippen LogP contribution in [-0.4, -0.2) is 94.1 Å². The Morgan fingerprint density at radius 2 is 1.81 bits per heavy atom. The first kappa shape index (κ1) is 34.3. The monoisotopic (exact) mass is 673 g/mol. The average Bonchev–Trinajstić information content (AvgIpc) is 3.03. The molecule has 1 saturated heterocycles. The van der Waals surface area contributed by atoms with Gasteiger partial charge in [-0.1, -0.05) is 6.07 Å². The van der Waals surface area contributed by atoms with Crippen LogP contribution in [0.2, 0.25) is 0 Å². The summed E-state index contributed by atoms with van der Waals surface area (Å²) < 4.78 is 74.7. The molecule has 2 N–H and O–H groups in total. The second kappa shape index (κ2) is 14.0. The molecule has 1 aliphatic rings. The molecule has 0 saturated carbocycles. The number of aryl methyl sites for hydroxylation is 1. The maximum Gasteiger partial charge on any atom is 0.418 e. The van der Waals surface area contributed by atoms with Crippen molar-refractivity contribution in [1.82, 2.24) is 24.8 Å². The molecular formula is C32H38F3N7O4S. The molecule has 0 aliphatic carbocycles. The van der Waals surface area contributed by atoms with E-state index in [9.17, 15) is 26.4 Å². The van der Waals surface area contributed by atoms with E-state index in [0.29, 0.717) is 49.2 Å². The minimum absolute atomic E-state index is 0.0220. The molecule has 0 unspecified atom stereocenters. The fourth-order valence-corrected chi connectivity index (χ4v) is 6.66. The third-order valence-electron chi connectivity index (χ3n) is 8.03. The largest absolute Gasteiger partial charge is 0.418 e. The molecule has 1 aliphatic heterocycles. The van der Waals surface area contributed by atoms with Crippen molar-refractivity contribution in [2.75, 3.05) is 76.5 Å². The number of methoxy groups -OCH3 is 1. The number of hydrogen-bond acceptors (Lipinski definition) is 10. The number of ether oxygens (including phenoxy) is 1. The van der Waals surface area contributed by atoms with Gasteiger partial charge < -0.3 is 25.2 Å². The number of nitrogens with one attached hydrogen (secondary N) is 2. The smallest absolute Gasteiger partial charge is 0.384 e. The Morgan fingerprint density at radius 3 is 2.49 bits per heavy atom. The number of nitrogens with zero attached hydrogens (tertiary/aromatic N) is 5. The number of fused-ring (bicyclic) bond motifs is 1. The molecule has 2 aromatic carbocycles. The maximum absolute atomic E-state index is 14.1. The van der Waals surface area contributed by atoms with Crippen LogP contribution in [0.5, 0.6) is 0 Å². The maximum atomic E-state index is 14.1. The van der Waals surface area contributed by atoms with Crippen molar-refractivity contribution in [2.45, 2.75) is 24.5 Å². The number of aromatic nitrogens is 3. The molecule has 1 fully saturated rings. The van der Waals surface area contributed by atoms with Gasteiger partial charge in [-0.2, -0.15) is 18.2 Å². The Kier molecular flexibility index (Phi) is 10.2. The number of anilines is 3. The van der Waals surface area contributed by atoms with Gasteiger partial charge in [-0.15, -0.1) is 0 Å². The van der Waals surface area contributed by atoms with Gasteiger partial charge in [0.25, 0.3) is 5.56 Å². The third kappa shape index (κ3) is 7.75. The minimum atomic E-state index is -4.58. The first-order valence-electron chi connectivity index (χ1n) is 15.1. The van der Waals surface area contributed by atoms with E-state index in [-0.39, 0.29) is 52.3 Å². The summed E-state index contributed by atoms with van der Waals surface area (Å²) in [4.78, 5) is 26.7. The number of pyridine rings is 1. The summed E-state index contributed by atoms with van der Waals surface area (Å²) in [7, 11) is 1.48. The van der Waals surface area contributed by atoms with Crippen LogP contribution in [-0.2, 0) is 27.3 Å². The summed E-state index contributed by atoms with van der Waals surface area (Å²) in [5, 5.41) is 6.54. The number of rotatable bonds is 11. The van der Waals surface area contributed by atoms with E-state index in [4.69, 9.17) is 4.74 Å². The molecule has 2 aromatic heterocycles. The molecule has 4 aromatic rings. The second-order valence-electron chi connectivity index (χ2n) is 11.7. The highest BCUT2D eigenvalue weighted by Crippen LogP contribution is 2.39. The number of likely N-dealkylation sites (N-methyl/N-ethyl adjacent to an activating group) is 1. The van der Waals surface area contributed by atoms with Crippen LogP contribution in [0, 0.1) is 6.92 Å². The zero-order valence-corrected chi connectivity index (χ0v) is 27.5. The van der Waals surface area contributed by atoms with Gasteiger partial charge in [-0.05, 0) is 68.5 Å². The second-order valence-corrected chi connectivity index (χ2v) is 13.8. The number of halogens is 3. The Morgan fingerprint density at radius 1 is 1.06 bits per heavy atom. The van der Waals surface area contributed by atoms with Crippen LogP contribution in [0.25, 0.3) is 22.2 Å². The van der Waals surface area contributed by atoms with Gasteiger partial charge in [0.15, 0.2) is 9.84 Å². The van der Waals surface area contributed by atoms with E-state index >= 15 is 0 Å². The van der Waals surface area contributed by atoms with Crippen molar-refractivity contribution in [2.24, 2.45) is 0 Å². The van der Waals surface area contributed by atoms with Crippen LogP contribution >= 0.6 is 0 Å². The Bertz CT molecular complexity index is 1920. The standard InChI is InChI=1S/C32H38F3N7O4S/c1-21-5-7-24(47(44,45)16-15-46-4)19-25(21)26-17-22-20-37-31(39-29(22)42(30(26)43)14-13-40(2)3)38-23-6-8-28(27(18-23)32(33,34)35)41-11-9-36-10-12-41/h5-8,17-20,36H,9-16H2,1-4H3,(H,37,38,39). The Hall–Kier alpha value is -4.05. The lowest BCUT2D eigenvalue weighted by Crippen LogP contribution is -2.44. The highest BCUT2D eigenvalue weighted by atomic mass is 32.2. The first-order chi connectivity index (χ1) is 22.3. The molecule has 3 heterocycles. The molecule has 0 bridgehead atoms. The number of benzene rings is 2. The van der Waals surface area contributed by atoms with E-state index in [1.54, 1.807) is 30.0 Å². The Labute approximate surface area is 271 Å². The van der Waals surface area contributed by atoms with Gasteiger partial charge in [0.05, 0.1) is 22.8 Å². The van der Waals surface area contributed by atoms with Gasteiger partial charge in [0, 0.05) is 74.9 Å². The number of sulfone groups is 1. The molecule has 15 heteroatoms. The molecular weight excluding hydrogens is 635 g/mol. The normalized spacial score (nSPS) is 14.3. The van der Waals surface area contributed by atoms with Crippen molar-refractivity contribution in [3.8, 4) is 11.1 Å². The SMILES string of the molecule is COCCS(=O)(=O)c1ccc(C)c(-c2cc3cnc(Nc4ccc(N5CCNCC5)c(C(F)(F)F)c4)nc3n(CCN(C)C)c2=O)c1. The summed E-state index contributed by atoms with van der Waals surface area (Å²) in [6, 6.07) is 10.3. The molecule has 0 radical (unpaired) electrons. The molecule has 0 atom stereocenters. The summed E-state index contributed by atoms with van der Waals surface area (Å²) in [5.74, 6) is -0.183. The average molecular weight is 674 g/mol. The minimum Gasteiger partial charge on any atom is -0.384 e. The topological polar surface area (TPSA) is 122 Å². The van der Waals surface area contributed by atoms with Gasteiger partial charge in [0.2, 0.25) is 5.95 Å². The third-order valence-corrected chi connectivity index (χ3v) is 9.70. The van der Waals surface area contributed by atoms with E-state index in [0.717, 1.165) is 6.07 Å². The number of piperazine rings is 1. The van der Waals surface area contributed by atoms with E-state index < -0.39 is 27.1 Å². The van der Waals surface area contributed by atoms with Gasteiger partial charge in [-0.25, -0.2) is 13.4 Å². The van der Waals surface area contributed by atoms with Crippen molar-refractivity contribution >= 4 is 38.2 Å². The lowest BCUT2D eigenvalue weighted by molar-refractivity contribution is -0.137. The molecule has 11 nitrogen and oxygen atoms in total. The highest BCUT2D eigenvalue weighted by molar-refractivity contribution is 7.91. The number of hydrogen-bond donors (Lipinski definition) is 2. The van der Waals surface area contributed by atoms with Crippen LogP contribution in [0.4, 0.5) is 30.5 Å². The zero-order chi connectivity index (χ0) is 33.9. The predicted molar refractivity (Wildman–Crippen MR) is 176 cm³/mol. The van der Waals surface area contributed by atoms with E-state index in [2.05, 4.69) is 20.6 Å². The molecule has 47 heavy (non-hydrogen) atoms. The van der Waals surface area contributed by atoms with E-state index in [1.807, 2.05) is 19.0 Å². The summed E-state index contributed by atoms with van der Waals surface area (Å²) >= 11 is 0. The zero-order valence-electron chi connectivity index (χ0n) is 26.7. The highest BCUT2D eigenvalue weighted by Gasteiger charge is 2.35. The van der Waals surface area contributed by atoms with Crippen LogP contribution < -0.4 is 21.1 Å². The van der Waals surface area contributed by atoms with Crippen LogP contribution in [0.3, 0.4) is 0 Å². The summed E-state index contributed by atoms with van der Waals surface area (Å²) in [6.07, 6.45) is -3.09.